The van der Waals surface area contributed by atoms with Crippen molar-refractivity contribution in [2.24, 2.45) is 0 Å². The number of esters is 1. The van der Waals surface area contributed by atoms with Crippen molar-refractivity contribution < 1.29 is 19.1 Å². The van der Waals surface area contributed by atoms with E-state index in [0.29, 0.717) is 16.1 Å². The number of halogens is 1. The van der Waals surface area contributed by atoms with Crippen molar-refractivity contribution in [3.8, 4) is 0 Å². The lowest BCUT2D eigenvalue weighted by Gasteiger charge is -2.13. The van der Waals surface area contributed by atoms with E-state index in [-0.39, 0.29) is 25.0 Å². The highest BCUT2D eigenvalue weighted by Crippen LogP contribution is 2.21. The topological polar surface area (TPSA) is 63.7 Å². The molecule has 6 heteroatoms. The summed E-state index contributed by atoms with van der Waals surface area (Å²) in [5, 5.41) is 0.571. The van der Waals surface area contributed by atoms with Crippen LogP contribution in [0.15, 0.2) is 54.6 Å². The van der Waals surface area contributed by atoms with Gasteiger partial charge in [0, 0.05) is 11.1 Å². The molecule has 0 aliphatic carbocycles. The van der Waals surface area contributed by atoms with Crippen LogP contribution in [0.2, 0.25) is 5.02 Å². The first-order valence-electron chi connectivity index (χ1n) is 7.62. The first-order valence-corrected chi connectivity index (χ1v) is 7.99. The van der Waals surface area contributed by atoms with Gasteiger partial charge in [-0.15, -0.1) is 0 Å². The molecule has 0 spiro atoms. The second-order valence-electron chi connectivity index (χ2n) is 5.36. The van der Waals surface area contributed by atoms with Crippen LogP contribution in [0, 0.1) is 0 Å². The number of hydrogen-bond donors (Lipinski definition) is 0. The van der Waals surface area contributed by atoms with Gasteiger partial charge in [0.25, 0.3) is 11.8 Å². The molecule has 5 nitrogen and oxygen atoms in total. The van der Waals surface area contributed by atoms with Gasteiger partial charge in [-0.25, -0.2) is 4.79 Å². The minimum absolute atomic E-state index is 0.0170. The SMILES string of the molecule is O=C(C=Cc1cccc(Cl)c1)OCCN1C(=O)c2ccccc2C1=O. The highest BCUT2D eigenvalue weighted by molar-refractivity contribution is 6.30. The van der Waals surface area contributed by atoms with Crippen LogP contribution in [0.3, 0.4) is 0 Å². The molecule has 2 aromatic rings. The Kier molecular flexibility index (Phi) is 4.95. The zero-order chi connectivity index (χ0) is 17.8. The molecule has 0 N–H and O–H groups in total. The number of ether oxygens (including phenoxy) is 1. The van der Waals surface area contributed by atoms with Gasteiger partial charge in [-0.1, -0.05) is 35.9 Å². The molecular weight excluding hydrogens is 342 g/mol. The average molecular weight is 356 g/mol. The van der Waals surface area contributed by atoms with Crippen LogP contribution in [-0.4, -0.2) is 35.8 Å². The third-order valence-electron chi connectivity index (χ3n) is 3.70. The molecule has 1 aliphatic heterocycles. The van der Waals surface area contributed by atoms with Gasteiger partial charge in [0.15, 0.2) is 0 Å². The highest BCUT2D eigenvalue weighted by atomic mass is 35.5. The Morgan fingerprint density at radius 1 is 1.04 bits per heavy atom. The molecule has 2 amide bonds. The molecular formula is C19H14ClNO4. The van der Waals surface area contributed by atoms with Gasteiger partial charge in [-0.2, -0.15) is 0 Å². The maximum absolute atomic E-state index is 12.2. The molecule has 0 fully saturated rings. The van der Waals surface area contributed by atoms with E-state index in [9.17, 15) is 14.4 Å². The lowest BCUT2D eigenvalue weighted by atomic mass is 10.1. The van der Waals surface area contributed by atoms with Crippen molar-refractivity contribution in [1.29, 1.82) is 0 Å². The Balaban J connectivity index is 1.53. The average Bonchev–Trinajstić information content (AvgIpc) is 2.85. The normalized spacial score (nSPS) is 13.4. The monoisotopic (exact) mass is 355 g/mol. The number of amides is 2. The van der Waals surface area contributed by atoms with Gasteiger partial charge in [0.1, 0.15) is 6.61 Å². The number of nitrogens with zero attached hydrogens (tertiary/aromatic N) is 1. The molecule has 1 aliphatic rings. The highest BCUT2D eigenvalue weighted by Gasteiger charge is 2.34. The van der Waals surface area contributed by atoms with E-state index >= 15 is 0 Å². The van der Waals surface area contributed by atoms with Gasteiger partial charge >= 0.3 is 5.97 Å². The molecule has 0 atom stereocenters. The Hall–Kier alpha value is -2.92. The van der Waals surface area contributed by atoms with E-state index in [0.717, 1.165) is 10.5 Å². The summed E-state index contributed by atoms with van der Waals surface area (Å²) in [5.41, 5.74) is 1.52. The number of benzene rings is 2. The lowest BCUT2D eigenvalue weighted by molar-refractivity contribution is -0.137. The Labute approximate surface area is 149 Å². The zero-order valence-corrected chi connectivity index (χ0v) is 13.9. The molecule has 0 bridgehead atoms. The smallest absolute Gasteiger partial charge is 0.330 e. The fourth-order valence-electron chi connectivity index (χ4n) is 2.50. The Morgan fingerprint density at radius 3 is 2.36 bits per heavy atom. The maximum Gasteiger partial charge on any atom is 0.330 e. The van der Waals surface area contributed by atoms with Gasteiger partial charge in [0.05, 0.1) is 17.7 Å². The zero-order valence-electron chi connectivity index (χ0n) is 13.1. The van der Waals surface area contributed by atoms with E-state index in [1.807, 2.05) is 0 Å². The molecule has 0 saturated heterocycles. The third-order valence-corrected chi connectivity index (χ3v) is 3.93. The number of carbonyl (C=O) groups is 3. The summed E-state index contributed by atoms with van der Waals surface area (Å²) in [6.07, 6.45) is 2.85. The summed E-state index contributed by atoms with van der Waals surface area (Å²) in [6, 6.07) is 13.6. The molecule has 126 valence electrons. The maximum atomic E-state index is 12.2. The molecule has 0 saturated carbocycles. The number of rotatable bonds is 5. The van der Waals surface area contributed by atoms with Crippen molar-refractivity contribution in [3.63, 3.8) is 0 Å². The number of carbonyl (C=O) groups excluding carboxylic acids is 3. The quantitative estimate of drug-likeness (QED) is 0.469. The summed E-state index contributed by atoms with van der Waals surface area (Å²) in [6.45, 7) is -0.0483. The van der Waals surface area contributed by atoms with Gasteiger partial charge in [-0.3, -0.25) is 14.5 Å². The van der Waals surface area contributed by atoms with Gasteiger partial charge in [-0.05, 0) is 35.9 Å². The second-order valence-corrected chi connectivity index (χ2v) is 5.80. The van der Waals surface area contributed by atoms with E-state index in [1.165, 1.54) is 6.08 Å². The minimum atomic E-state index is -0.559. The number of fused-ring (bicyclic) bond motifs is 1. The van der Waals surface area contributed by atoms with Gasteiger partial charge in [0.2, 0.25) is 0 Å². The molecule has 3 rings (SSSR count). The summed E-state index contributed by atoms with van der Waals surface area (Å²) in [4.78, 5) is 37.1. The van der Waals surface area contributed by atoms with E-state index in [4.69, 9.17) is 16.3 Å². The predicted octanol–water partition coefficient (Wildman–Crippen LogP) is 3.19. The minimum Gasteiger partial charge on any atom is -0.461 e. The molecule has 0 unspecified atom stereocenters. The van der Waals surface area contributed by atoms with Crippen molar-refractivity contribution in [1.82, 2.24) is 4.90 Å². The molecule has 0 radical (unpaired) electrons. The van der Waals surface area contributed by atoms with Crippen LogP contribution in [0.4, 0.5) is 0 Å². The third kappa shape index (κ3) is 3.78. The first-order chi connectivity index (χ1) is 12.1. The first kappa shape index (κ1) is 16.9. The predicted molar refractivity (Wildman–Crippen MR) is 93.3 cm³/mol. The lowest BCUT2D eigenvalue weighted by Crippen LogP contribution is -2.33. The van der Waals surface area contributed by atoms with Crippen LogP contribution in [-0.2, 0) is 9.53 Å². The van der Waals surface area contributed by atoms with Gasteiger partial charge < -0.3 is 4.74 Å². The molecule has 25 heavy (non-hydrogen) atoms. The number of hydrogen-bond acceptors (Lipinski definition) is 4. The molecule has 1 heterocycles. The van der Waals surface area contributed by atoms with Crippen LogP contribution >= 0.6 is 11.6 Å². The summed E-state index contributed by atoms with van der Waals surface area (Å²) in [7, 11) is 0. The molecule has 0 aromatic heterocycles. The summed E-state index contributed by atoms with van der Waals surface area (Å²) < 4.78 is 5.05. The summed E-state index contributed by atoms with van der Waals surface area (Å²) in [5.74, 6) is -1.30. The van der Waals surface area contributed by atoms with Crippen LogP contribution in [0.25, 0.3) is 6.08 Å². The van der Waals surface area contributed by atoms with E-state index in [1.54, 1.807) is 54.6 Å². The van der Waals surface area contributed by atoms with Crippen molar-refractivity contribution >= 4 is 35.5 Å². The largest absolute Gasteiger partial charge is 0.461 e. The van der Waals surface area contributed by atoms with Crippen molar-refractivity contribution in [3.05, 3.63) is 76.3 Å². The van der Waals surface area contributed by atoms with Crippen LogP contribution < -0.4 is 0 Å². The standard InChI is InChI=1S/C19H14ClNO4/c20-14-5-3-4-13(12-14)8-9-17(22)25-11-10-21-18(23)15-6-1-2-7-16(15)19(21)24/h1-9,12H,10-11H2. The van der Waals surface area contributed by atoms with Crippen molar-refractivity contribution in [2.75, 3.05) is 13.2 Å². The fourth-order valence-corrected chi connectivity index (χ4v) is 2.70. The molecule has 2 aromatic carbocycles. The van der Waals surface area contributed by atoms with E-state index < -0.39 is 5.97 Å². The van der Waals surface area contributed by atoms with Crippen LogP contribution in [0.1, 0.15) is 26.3 Å². The Bertz CT molecular complexity index is 840. The van der Waals surface area contributed by atoms with Crippen LogP contribution in [0.5, 0.6) is 0 Å². The van der Waals surface area contributed by atoms with E-state index in [2.05, 4.69) is 0 Å². The Morgan fingerprint density at radius 2 is 1.72 bits per heavy atom. The summed E-state index contributed by atoms with van der Waals surface area (Å²) >= 11 is 5.86. The number of imide groups is 1. The van der Waals surface area contributed by atoms with Crippen molar-refractivity contribution in [2.45, 2.75) is 0 Å². The second kappa shape index (κ2) is 7.32. The fraction of sp³-hybridized carbons (Fsp3) is 0.105.